The fraction of sp³-hybridized carbons (Fsp3) is 0.538. The zero-order valence-electron chi connectivity index (χ0n) is 10.0. The second kappa shape index (κ2) is 4.11. The molecular weight excluding hydrogens is 213 g/mol. The first-order valence-electron chi connectivity index (χ1n) is 5.28. The standard InChI is InChI=1S/C13H17F3/c1-9(14)10-5-7-11(8-6-10)13(15,16)12(2,3)4/h5-9H,1-4H3. The van der Waals surface area contributed by atoms with Crippen LogP contribution in [0.1, 0.15) is 45.0 Å². The topological polar surface area (TPSA) is 0 Å². The van der Waals surface area contributed by atoms with E-state index in [1.807, 2.05) is 0 Å². The van der Waals surface area contributed by atoms with Gasteiger partial charge in [0.15, 0.2) is 0 Å². The van der Waals surface area contributed by atoms with E-state index in [4.69, 9.17) is 0 Å². The molecule has 0 amide bonds. The lowest BCUT2D eigenvalue weighted by Crippen LogP contribution is -2.31. The maximum atomic E-state index is 13.9. The molecule has 0 saturated carbocycles. The molecule has 0 aromatic heterocycles. The Morgan fingerprint density at radius 3 is 1.75 bits per heavy atom. The highest BCUT2D eigenvalue weighted by molar-refractivity contribution is 5.28. The molecule has 0 nitrogen and oxygen atoms in total. The molecule has 0 heterocycles. The van der Waals surface area contributed by atoms with E-state index in [1.165, 1.54) is 52.0 Å². The summed E-state index contributed by atoms with van der Waals surface area (Å²) in [6, 6.07) is 5.44. The molecule has 16 heavy (non-hydrogen) atoms. The largest absolute Gasteiger partial charge is 0.277 e. The van der Waals surface area contributed by atoms with Crippen LogP contribution in [0.2, 0.25) is 0 Å². The molecule has 0 radical (unpaired) electrons. The van der Waals surface area contributed by atoms with Gasteiger partial charge in [0.25, 0.3) is 5.92 Å². The second-order valence-corrected chi connectivity index (χ2v) is 5.06. The first kappa shape index (κ1) is 13.1. The van der Waals surface area contributed by atoms with Crippen molar-refractivity contribution in [3.8, 4) is 0 Å². The van der Waals surface area contributed by atoms with E-state index in [1.54, 1.807) is 0 Å². The molecule has 1 aromatic rings. The monoisotopic (exact) mass is 230 g/mol. The Labute approximate surface area is 94.5 Å². The van der Waals surface area contributed by atoms with Gasteiger partial charge >= 0.3 is 0 Å². The van der Waals surface area contributed by atoms with Gasteiger partial charge in [-0.25, -0.2) is 13.2 Å². The molecular formula is C13H17F3. The highest BCUT2D eigenvalue weighted by atomic mass is 19.3. The van der Waals surface area contributed by atoms with Crippen molar-refractivity contribution >= 4 is 0 Å². The van der Waals surface area contributed by atoms with Gasteiger partial charge in [0, 0.05) is 11.0 Å². The van der Waals surface area contributed by atoms with Gasteiger partial charge < -0.3 is 0 Å². The van der Waals surface area contributed by atoms with E-state index < -0.39 is 17.5 Å². The summed E-state index contributed by atoms with van der Waals surface area (Å²) in [7, 11) is 0. The minimum absolute atomic E-state index is 0.0654. The van der Waals surface area contributed by atoms with Crippen molar-refractivity contribution in [2.75, 3.05) is 0 Å². The third-order valence-corrected chi connectivity index (χ3v) is 2.67. The average molecular weight is 230 g/mol. The molecule has 0 bridgehead atoms. The molecule has 0 aliphatic carbocycles. The quantitative estimate of drug-likeness (QED) is 0.681. The normalized spacial score (nSPS) is 14.9. The van der Waals surface area contributed by atoms with Gasteiger partial charge in [-0.05, 0) is 12.5 Å². The minimum Gasteiger partial charge on any atom is -0.243 e. The molecule has 0 aliphatic rings. The first-order chi connectivity index (χ1) is 7.16. The van der Waals surface area contributed by atoms with Crippen molar-refractivity contribution < 1.29 is 13.2 Å². The fourth-order valence-corrected chi connectivity index (χ4v) is 1.39. The SMILES string of the molecule is CC(F)c1ccc(C(F)(F)C(C)(C)C)cc1. The van der Waals surface area contributed by atoms with Crippen LogP contribution in [0.25, 0.3) is 0 Å². The molecule has 1 atom stereocenters. The maximum absolute atomic E-state index is 13.9. The Bertz CT molecular complexity index is 344. The van der Waals surface area contributed by atoms with Crippen LogP contribution in [0, 0.1) is 5.41 Å². The molecule has 0 N–H and O–H groups in total. The van der Waals surface area contributed by atoms with E-state index in [-0.39, 0.29) is 5.56 Å². The van der Waals surface area contributed by atoms with Gasteiger partial charge in [-0.3, -0.25) is 0 Å². The van der Waals surface area contributed by atoms with Crippen LogP contribution >= 0.6 is 0 Å². The molecule has 0 spiro atoms. The summed E-state index contributed by atoms with van der Waals surface area (Å²) in [5.41, 5.74) is -0.784. The van der Waals surface area contributed by atoms with Crippen molar-refractivity contribution in [1.82, 2.24) is 0 Å². The third-order valence-electron chi connectivity index (χ3n) is 2.67. The molecule has 0 aliphatic heterocycles. The molecule has 1 aromatic carbocycles. The predicted octanol–water partition coefficient (Wildman–Crippen LogP) is 4.86. The first-order valence-corrected chi connectivity index (χ1v) is 5.28. The van der Waals surface area contributed by atoms with Gasteiger partial charge in [0.1, 0.15) is 6.17 Å². The van der Waals surface area contributed by atoms with Gasteiger partial charge in [0.05, 0.1) is 0 Å². The Balaban J connectivity index is 3.07. The number of rotatable bonds is 2. The summed E-state index contributed by atoms with van der Waals surface area (Å²) in [4.78, 5) is 0. The lowest BCUT2D eigenvalue weighted by Gasteiger charge is -2.30. The Kier molecular flexibility index (Phi) is 3.36. The van der Waals surface area contributed by atoms with E-state index in [0.717, 1.165) is 0 Å². The van der Waals surface area contributed by atoms with Crippen LogP contribution < -0.4 is 0 Å². The van der Waals surface area contributed by atoms with Crippen molar-refractivity contribution in [2.45, 2.75) is 39.8 Å². The van der Waals surface area contributed by atoms with Crippen molar-refractivity contribution in [1.29, 1.82) is 0 Å². The average Bonchev–Trinajstić information content (AvgIpc) is 2.16. The van der Waals surface area contributed by atoms with Gasteiger partial charge in [-0.2, -0.15) is 0 Å². The number of benzene rings is 1. The third kappa shape index (κ3) is 2.39. The molecule has 0 fully saturated rings. The van der Waals surface area contributed by atoms with Crippen LogP contribution in [0.5, 0.6) is 0 Å². The predicted molar refractivity (Wildman–Crippen MR) is 59.3 cm³/mol. The van der Waals surface area contributed by atoms with E-state index in [9.17, 15) is 13.2 Å². The fourth-order valence-electron chi connectivity index (χ4n) is 1.39. The van der Waals surface area contributed by atoms with Crippen LogP contribution in [0.3, 0.4) is 0 Å². The highest BCUT2D eigenvalue weighted by Crippen LogP contribution is 2.44. The van der Waals surface area contributed by atoms with Crippen molar-refractivity contribution in [2.24, 2.45) is 5.41 Å². The van der Waals surface area contributed by atoms with Crippen LogP contribution in [0.4, 0.5) is 13.2 Å². The summed E-state index contributed by atoms with van der Waals surface area (Å²) in [6.45, 7) is 5.84. The lowest BCUT2D eigenvalue weighted by atomic mass is 9.83. The summed E-state index contributed by atoms with van der Waals surface area (Å²) >= 11 is 0. The van der Waals surface area contributed by atoms with Gasteiger partial charge in [-0.15, -0.1) is 0 Å². The summed E-state index contributed by atoms with van der Waals surface area (Å²) in [6.07, 6.45) is -1.13. The summed E-state index contributed by atoms with van der Waals surface area (Å²) in [5.74, 6) is -2.91. The highest BCUT2D eigenvalue weighted by Gasteiger charge is 2.44. The van der Waals surface area contributed by atoms with E-state index >= 15 is 0 Å². The van der Waals surface area contributed by atoms with E-state index in [2.05, 4.69) is 0 Å². The Morgan fingerprint density at radius 1 is 1.00 bits per heavy atom. The zero-order valence-corrected chi connectivity index (χ0v) is 10.0. The number of hydrogen-bond acceptors (Lipinski definition) is 0. The summed E-state index contributed by atoms with van der Waals surface area (Å²) in [5, 5.41) is 0. The molecule has 0 saturated heterocycles. The van der Waals surface area contributed by atoms with Crippen molar-refractivity contribution in [3.05, 3.63) is 35.4 Å². The smallest absolute Gasteiger partial charge is 0.243 e. The number of hydrogen-bond donors (Lipinski definition) is 0. The second-order valence-electron chi connectivity index (χ2n) is 5.06. The van der Waals surface area contributed by atoms with Crippen LogP contribution in [0.15, 0.2) is 24.3 Å². The van der Waals surface area contributed by atoms with Crippen molar-refractivity contribution in [3.63, 3.8) is 0 Å². The molecule has 1 unspecified atom stereocenters. The molecule has 90 valence electrons. The zero-order chi connectivity index (χ0) is 12.6. The Hall–Kier alpha value is -0.990. The Morgan fingerprint density at radius 2 is 1.44 bits per heavy atom. The van der Waals surface area contributed by atoms with Gasteiger partial charge in [-0.1, -0.05) is 45.0 Å². The molecule has 1 rings (SSSR count). The van der Waals surface area contributed by atoms with E-state index in [0.29, 0.717) is 5.56 Å². The van der Waals surface area contributed by atoms with Gasteiger partial charge in [0.2, 0.25) is 0 Å². The lowest BCUT2D eigenvalue weighted by molar-refractivity contribution is -0.104. The van der Waals surface area contributed by atoms with Crippen LogP contribution in [-0.2, 0) is 5.92 Å². The molecule has 3 heteroatoms. The maximum Gasteiger partial charge on any atom is 0.277 e. The number of alkyl halides is 3. The minimum atomic E-state index is -2.91. The van der Waals surface area contributed by atoms with Crippen LogP contribution in [-0.4, -0.2) is 0 Å². The summed E-state index contributed by atoms with van der Waals surface area (Å²) < 4.78 is 40.7. The number of halogens is 3.